The largest absolute Gasteiger partial charge is 0.478 e. The van der Waals surface area contributed by atoms with Gasteiger partial charge in [0.25, 0.3) is 0 Å². The fraction of sp³-hybridized carbons (Fsp3) is 0.278. The summed E-state index contributed by atoms with van der Waals surface area (Å²) in [6, 6.07) is 9.90. The molecule has 1 N–H and O–H groups in total. The highest BCUT2D eigenvalue weighted by molar-refractivity contribution is 5.73. The molecule has 6 heteroatoms. The molecule has 2 aromatic carbocycles. The van der Waals surface area contributed by atoms with E-state index >= 15 is 0 Å². The van der Waals surface area contributed by atoms with E-state index in [1.807, 2.05) is 19.9 Å². The number of halogens is 3. The zero-order valence-electron chi connectivity index (χ0n) is 13.2. The number of hydrogen-bond donors (Lipinski definition) is 1. The molecule has 2 rings (SSSR count). The smallest absolute Gasteiger partial charge is 0.416 e. The summed E-state index contributed by atoms with van der Waals surface area (Å²) < 4.78 is 43.7. The molecule has 0 radical (unpaired) electrons. The van der Waals surface area contributed by atoms with Crippen molar-refractivity contribution >= 4 is 5.97 Å². The van der Waals surface area contributed by atoms with E-state index in [2.05, 4.69) is 0 Å². The molecule has 0 heterocycles. The first-order valence-corrected chi connectivity index (χ1v) is 7.29. The van der Waals surface area contributed by atoms with Crippen molar-refractivity contribution in [1.29, 1.82) is 0 Å². The topological polar surface area (TPSA) is 46.5 Å². The number of carboxylic acids is 1. The molecule has 0 aliphatic rings. The van der Waals surface area contributed by atoms with Crippen molar-refractivity contribution < 1.29 is 27.8 Å². The number of benzene rings is 2. The summed E-state index contributed by atoms with van der Waals surface area (Å²) in [6.07, 6.45) is -5.90. The van der Waals surface area contributed by atoms with Crippen molar-refractivity contribution in [2.24, 2.45) is 0 Å². The van der Waals surface area contributed by atoms with Gasteiger partial charge in [-0.2, -0.15) is 13.2 Å². The van der Waals surface area contributed by atoms with Crippen LogP contribution in [0, 0.1) is 13.8 Å². The molecule has 3 nitrogen and oxygen atoms in total. The lowest BCUT2D eigenvalue weighted by Gasteiger charge is -2.17. The van der Waals surface area contributed by atoms with E-state index in [9.17, 15) is 23.1 Å². The first-order chi connectivity index (χ1) is 11.1. The van der Waals surface area contributed by atoms with E-state index < -0.39 is 23.8 Å². The summed E-state index contributed by atoms with van der Waals surface area (Å²) >= 11 is 0. The molecule has 128 valence electrons. The maximum Gasteiger partial charge on any atom is 0.416 e. The molecule has 2 aromatic rings. The van der Waals surface area contributed by atoms with Gasteiger partial charge < -0.3 is 9.84 Å². The molecular formula is C18H17F3O3. The Hall–Kier alpha value is -2.50. The van der Waals surface area contributed by atoms with Crippen LogP contribution < -0.4 is 4.74 Å². The number of carbonyl (C=O) groups is 1. The Kier molecular flexibility index (Phi) is 5.17. The maximum atomic E-state index is 12.8. The Balaban J connectivity index is 2.21. The number of aryl methyl sites for hydroxylation is 2. The number of rotatable bonds is 5. The molecule has 0 aliphatic carbocycles. The molecular weight excluding hydrogens is 321 g/mol. The van der Waals surface area contributed by atoms with Gasteiger partial charge in [0.2, 0.25) is 0 Å². The van der Waals surface area contributed by atoms with E-state index in [1.165, 1.54) is 12.1 Å². The van der Waals surface area contributed by atoms with E-state index in [0.29, 0.717) is 5.75 Å². The minimum Gasteiger partial charge on any atom is -0.478 e. The van der Waals surface area contributed by atoms with Crippen molar-refractivity contribution in [3.63, 3.8) is 0 Å². The molecule has 1 atom stereocenters. The summed E-state index contributed by atoms with van der Waals surface area (Å²) in [5.41, 5.74) is 1.26. The van der Waals surface area contributed by atoms with Crippen LogP contribution in [0.4, 0.5) is 13.2 Å². The van der Waals surface area contributed by atoms with E-state index in [-0.39, 0.29) is 12.0 Å². The van der Waals surface area contributed by atoms with E-state index in [1.54, 1.807) is 12.1 Å². The van der Waals surface area contributed by atoms with Crippen LogP contribution in [0.25, 0.3) is 0 Å². The van der Waals surface area contributed by atoms with Crippen LogP contribution in [-0.2, 0) is 17.4 Å². The number of carboxylic acid groups (broad SMARTS) is 1. The van der Waals surface area contributed by atoms with Crippen molar-refractivity contribution in [2.75, 3.05) is 0 Å². The Morgan fingerprint density at radius 3 is 2.29 bits per heavy atom. The second-order valence-electron chi connectivity index (χ2n) is 5.67. The van der Waals surface area contributed by atoms with Crippen LogP contribution in [0.1, 0.15) is 22.3 Å². The van der Waals surface area contributed by atoms with Crippen LogP contribution in [0.5, 0.6) is 5.75 Å². The third kappa shape index (κ3) is 4.75. The zero-order valence-corrected chi connectivity index (χ0v) is 13.2. The fourth-order valence-electron chi connectivity index (χ4n) is 2.43. The van der Waals surface area contributed by atoms with Crippen molar-refractivity contribution in [1.82, 2.24) is 0 Å². The highest BCUT2D eigenvalue weighted by Gasteiger charge is 2.31. The van der Waals surface area contributed by atoms with Gasteiger partial charge in [-0.15, -0.1) is 0 Å². The monoisotopic (exact) mass is 338 g/mol. The molecule has 0 amide bonds. The minimum absolute atomic E-state index is 0.160. The third-order valence-electron chi connectivity index (χ3n) is 3.42. The van der Waals surface area contributed by atoms with Crippen molar-refractivity contribution in [2.45, 2.75) is 32.5 Å². The van der Waals surface area contributed by atoms with E-state index in [0.717, 1.165) is 23.3 Å². The van der Waals surface area contributed by atoms with Gasteiger partial charge in [-0.25, -0.2) is 4.79 Å². The first-order valence-electron chi connectivity index (χ1n) is 7.29. The van der Waals surface area contributed by atoms with Crippen LogP contribution in [-0.4, -0.2) is 17.2 Å². The second-order valence-corrected chi connectivity index (χ2v) is 5.67. The average molecular weight is 338 g/mol. The van der Waals surface area contributed by atoms with Gasteiger partial charge in [0.1, 0.15) is 5.75 Å². The van der Waals surface area contributed by atoms with Gasteiger partial charge in [-0.3, -0.25) is 0 Å². The molecule has 0 bridgehead atoms. The van der Waals surface area contributed by atoms with Gasteiger partial charge >= 0.3 is 12.1 Å². The molecule has 1 unspecified atom stereocenters. The molecule has 0 aliphatic heterocycles. The lowest BCUT2D eigenvalue weighted by molar-refractivity contribution is -0.145. The fourth-order valence-corrected chi connectivity index (χ4v) is 2.43. The standard InChI is InChI=1S/C18H17F3O3/c1-11-6-12(2)8-15(7-11)24-16(17(22)23)10-13-4-3-5-14(9-13)18(19,20)21/h3-9,16H,10H2,1-2H3,(H,22,23). The summed E-state index contributed by atoms with van der Waals surface area (Å²) in [6.45, 7) is 3.70. The van der Waals surface area contributed by atoms with Crippen molar-refractivity contribution in [3.8, 4) is 5.75 Å². The minimum atomic E-state index is -4.47. The molecule has 24 heavy (non-hydrogen) atoms. The molecule has 0 saturated carbocycles. The lowest BCUT2D eigenvalue weighted by Crippen LogP contribution is -2.29. The van der Waals surface area contributed by atoms with Crippen LogP contribution in [0.3, 0.4) is 0 Å². The first kappa shape index (κ1) is 17.8. The molecule has 0 aromatic heterocycles. The average Bonchev–Trinajstić information content (AvgIpc) is 2.45. The predicted molar refractivity (Wildman–Crippen MR) is 83.1 cm³/mol. The van der Waals surface area contributed by atoms with Crippen LogP contribution in [0.15, 0.2) is 42.5 Å². The highest BCUT2D eigenvalue weighted by Crippen LogP contribution is 2.30. The quantitative estimate of drug-likeness (QED) is 0.879. The van der Waals surface area contributed by atoms with Gasteiger partial charge in [0, 0.05) is 6.42 Å². The van der Waals surface area contributed by atoms with Gasteiger partial charge in [-0.1, -0.05) is 24.3 Å². The second kappa shape index (κ2) is 6.95. The Bertz CT molecular complexity index is 718. The summed E-state index contributed by atoms with van der Waals surface area (Å²) in [5, 5.41) is 9.32. The van der Waals surface area contributed by atoms with Crippen LogP contribution in [0.2, 0.25) is 0 Å². The molecule has 0 spiro atoms. The Morgan fingerprint density at radius 2 is 1.75 bits per heavy atom. The Labute approximate surface area is 137 Å². The highest BCUT2D eigenvalue weighted by atomic mass is 19.4. The maximum absolute atomic E-state index is 12.8. The number of aliphatic carboxylic acids is 1. The number of alkyl halides is 3. The zero-order chi connectivity index (χ0) is 17.9. The van der Waals surface area contributed by atoms with Gasteiger partial charge in [0.05, 0.1) is 5.56 Å². The molecule has 0 fully saturated rings. The molecule has 0 saturated heterocycles. The number of ether oxygens (including phenoxy) is 1. The van der Waals surface area contributed by atoms with Gasteiger partial charge in [-0.05, 0) is 48.7 Å². The predicted octanol–water partition coefficient (Wildman–Crippen LogP) is 4.40. The normalized spacial score (nSPS) is 12.7. The summed E-state index contributed by atoms with van der Waals surface area (Å²) in [7, 11) is 0. The number of hydrogen-bond acceptors (Lipinski definition) is 2. The van der Waals surface area contributed by atoms with Crippen LogP contribution >= 0.6 is 0 Å². The summed E-state index contributed by atoms with van der Waals surface area (Å²) in [5.74, 6) is -0.849. The summed E-state index contributed by atoms with van der Waals surface area (Å²) in [4.78, 5) is 11.4. The van der Waals surface area contributed by atoms with Crippen molar-refractivity contribution in [3.05, 3.63) is 64.7 Å². The lowest BCUT2D eigenvalue weighted by atomic mass is 10.0. The van der Waals surface area contributed by atoms with E-state index in [4.69, 9.17) is 4.74 Å². The SMILES string of the molecule is Cc1cc(C)cc(OC(Cc2cccc(C(F)(F)F)c2)C(=O)O)c1. The third-order valence-corrected chi connectivity index (χ3v) is 3.42. The Morgan fingerprint density at radius 1 is 1.12 bits per heavy atom. The van der Waals surface area contributed by atoms with Gasteiger partial charge in [0.15, 0.2) is 6.10 Å².